The number of nitrogens with zero attached hydrogens (tertiary/aromatic N) is 3. The van der Waals surface area contributed by atoms with Crippen LogP contribution in [0.25, 0.3) is 0 Å². The molecule has 0 atom stereocenters. The fourth-order valence-corrected chi connectivity index (χ4v) is 2.35. The summed E-state index contributed by atoms with van der Waals surface area (Å²) in [5.41, 5.74) is 1.37. The molecule has 0 aliphatic carbocycles. The fourth-order valence-electron chi connectivity index (χ4n) is 2.35. The van der Waals surface area contributed by atoms with Gasteiger partial charge in [0.2, 0.25) is 0 Å². The van der Waals surface area contributed by atoms with Crippen molar-refractivity contribution in [2.75, 3.05) is 0 Å². The summed E-state index contributed by atoms with van der Waals surface area (Å²) in [4.78, 5) is 34.8. The second kappa shape index (κ2) is 8.96. The number of Topliss-reactive ketones (excluding diaryl/α,β-unsaturated/α-hetero) is 3. The Morgan fingerprint density at radius 3 is 2.27 bits per heavy atom. The van der Waals surface area contributed by atoms with Gasteiger partial charge in [-0.1, -0.05) is 30.3 Å². The van der Waals surface area contributed by atoms with E-state index in [-0.39, 0.29) is 18.3 Å². The Bertz CT molecular complexity index is 811. The molecule has 0 N–H and O–H groups in total. The van der Waals surface area contributed by atoms with Crippen LogP contribution in [-0.2, 0) is 27.7 Å². The van der Waals surface area contributed by atoms with Crippen molar-refractivity contribution in [1.82, 2.24) is 4.57 Å². The van der Waals surface area contributed by atoms with E-state index in [1.54, 1.807) is 16.8 Å². The zero-order valence-electron chi connectivity index (χ0n) is 15.0. The van der Waals surface area contributed by atoms with Gasteiger partial charge in [-0.3, -0.25) is 14.4 Å². The second-order valence-electron chi connectivity index (χ2n) is 5.88. The van der Waals surface area contributed by atoms with Crippen LogP contribution in [0.3, 0.4) is 0 Å². The molecule has 26 heavy (non-hydrogen) atoms. The number of ketones is 3. The number of azo groups is 1. The van der Waals surface area contributed by atoms with E-state index >= 15 is 0 Å². The third-order valence-corrected chi connectivity index (χ3v) is 3.69. The first-order valence-electron chi connectivity index (χ1n) is 8.13. The normalized spacial score (nSPS) is 11.2. The Morgan fingerprint density at radius 2 is 1.69 bits per heavy atom. The minimum absolute atomic E-state index is 0.154. The van der Waals surface area contributed by atoms with Crippen LogP contribution >= 0.6 is 0 Å². The van der Waals surface area contributed by atoms with Crippen LogP contribution in [0, 0.1) is 0 Å². The van der Waals surface area contributed by atoms with Crippen LogP contribution in [0.5, 0.6) is 0 Å². The lowest BCUT2D eigenvalue weighted by molar-refractivity contribution is -0.126. The highest BCUT2D eigenvalue weighted by molar-refractivity contribution is 6.04. The monoisotopic (exact) mass is 355 g/mol. The van der Waals surface area contributed by atoms with Gasteiger partial charge in [-0.05, 0) is 32.4 Å². The van der Waals surface area contributed by atoms with Crippen LogP contribution in [0.1, 0.15) is 36.7 Å². The maximum absolute atomic E-state index is 11.8. The Kier molecular flexibility index (Phi) is 6.68. The van der Waals surface area contributed by atoms with Gasteiger partial charge in [-0.15, -0.1) is 5.11 Å². The van der Waals surface area contributed by atoms with Crippen molar-refractivity contribution in [3.63, 3.8) is 0 Å². The molecule has 1 aromatic carbocycles. The third kappa shape index (κ3) is 5.03. The Balaban J connectivity index is 2.18. The summed E-state index contributed by atoms with van der Waals surface area (Å²) in [7, 11) is 0. The molecular weight excluding hydrogens is 334 g/mol. The topological polar surface area (TPSA) is 90.1 Å². The van der Waals surface area contributed by atoms with Gasteiger partial charge in [-0.25, -0.2) is 0 Å². The van der Waals surface area contributed by atoms with Crippen molar-refractivity contribution in [1.29, 1.82) is 0 Å². The van der Waals surface area contributed by atoms with E-state index in [2.05, 4.69) is 10.2 Å². The summed E-state index contributed by atoms with van der Waals surface area (Å²) in [5.74, 6) is -0.728. The van der Waals surface area contributed by atoms with Crippen LogP contribution in [0.4, 0.5) is 5.82 Å². The molecule has 1 heterocycles. The van der Waals surface area contributed by atoms with Gasteiger partial charge in [0.25, 0.3) is 0 Å². The molecule has 0 aliphatic rings. The van der Waals surface area contributed by atoms with Gasteiger partial charge in [-0.2, -0.15) is 5.11 Å². The number of carbonyl (C=O) groups excluding carboxylic acids is 3. The number of rotatable bonds is 9. The van der Waals surface area contributed by atoms with Gasteiger partial charge in [0.15, 0.2) is 29.2 Å². The predicted octanol–water partition coefficient (Wildman–Crippen LogP) is 3.50. The van der Waals surface area contributed by atoms with Crippen molar-refractivity contribution >= 4 is 23.2 Å². The molecule has 0 saturated heterocycles. The zero-order valence-corrected chi connectivity index (χ0v) is 15.0. The molecule has 2 aromatic rings. The van der Waals surface area contributed by atoms with Gasteiger partial charge in [0, 0.05) is 6.20 Å². The molecule has 0 spiro atoms. The summed E-state index contributed by atoms with van der Waals surface area (Å²) < 4.78 is 7.27. The van der Waals surface area contributed by atoms with E-state index in [1.807, 2.05) is 30.3 Å². The molecule has 0 bridgehead atoms. The van der Waals surface area contributed by atoms with E-state index in [9.17, 15) is 14.4 Å². The molecule has 7 heteroatoms. The molecule has 7 nitrogen and oxygen atoms in total. The van der Waals surface area contributed by atoms with Gasteiger partial charge < -0.3 is 9.30 Å². The summed E-state index contributed by atoms with van der Waals surface area (Å²) in [6.07, 6.45) is 1.66. The van der Waals surface area contributed by atoms with Crippen LogP contribution in [0.15, 0.2) is 52.8 Å². The molecule has 0 radical (unpaired) electrons. The maximum Gasteiger partial charge on any atom is 0.187 e. The van der Waals surface area contributed by atoms with Crippen LogP contribution < -0.4 is 0 Å². The number of aromatic nitrogens is 1. The second-order valence-corrected chi connectivity index (χ2v) is 5.88. The number of carbonyl (C=O) groups is 3. The van der Waals surface area contributed by atoms with Crippen molar-refractivity contribution in [3.05, 3.63) is 53.7 Å². The average molecular weight is 355 g/mol. The lowest BCUT2D eigenvalue weighted by atomic mass is 10.1. The lowest BCUT2D eigenvalue weighted by Gasteiger charge is -2.09. The summed E-state index contributed by atoms with van der Waals surface area (Å²) in [5, 5.41) is 7.83. The van der Waals surface area contributed by atoms with E-state index in [4.69, 9.17) is 4.74 Å². The summed E-state index contributed by atoms with van der Waals surface area (Å²) in [6.45, 7) is 4.52. The van der Waals surface area contributed by atoms with E-state index in [1.165, 1.54) is 20.8 Å². The fraction of sp³-hybridized carbons (Fsp3) is 0.316. The predicted molar refractivity (Wildman–Crippen MR) is 95.3 cm³/mol. The zero-order chi connectivity index (χ0) is 19.1. The maximum atomic E-state index is 11.8. The smallest absolute Gasteiger partial charge is 0.187 e. The Hall–Kier alpha value is -2.93. The first kappa shape index (κ1) is 19.4. The molecule has 136 valence electrons. The molecule has 1 aromatic heterocycles. The van der Waals surface area contributed by atoms with E-state index < -0.39 is 17.6 Å². The molecule has 0 amide bonds. The number of ether oxygens (including phenoxy) is 1. The van der Waals surface area contributed by atoms with Crippen molar-refractivity contribution in [3.8, 4) is 0 Å². The third-order valence-electron chi connectivity index (χ3n) is 3.69. The quantitative estimate of drug-likeness (QED) is 0.391. The molecule has 0 fully saturated rings. The van der Waals surface area contributed by atoms with Crippen LogP contribution in [0.2, 0.25) is 0 Å². The van der Waals surface area contributed by atoms with Gasteiger partial charge >= 0.3 is 0 Å². The van der Waals surface area contributed by atoms with Crippen molar-refractivity contribution in [2.24, 2.45) is 10.2 Å². The molecule has 0 unspecified atom stereocenters. The molecule has 2 rings (SSSR count). The molecular formula is C19H21N3O4. The van der Waals surface area contributed by atoms with E-state index in [0.717, 1.165) is 5.56 Å². The number of benzene rings is 1. The van der Waals surface area contributed by atoms with Gasteiger partial charge in [0.05, 0.1) is 12.2 Å². The first-order chi connectivity index (χ1) is 12.4. The minimum atomic E-state index is -1.16. The minimum Gasteiger partial charge on any atom is -0.356 e. The Labute approximate surface area is 151 Å². The lowest BCUT2D eigenvalue weighted by Crippen LogP contribution is -2.23. The summed E-state index contributed by atoms with van der Waals surface area (Å²) in [6, 6.07) is 10.1. The van der Waals surface area contributed by atoms with E-state index in [0.29, 0.717) is 12.2 Å². The molecule has 0 saturated carbocycles. The SMILES string of the molecule is CC(=O)c1ccn(COCc2ccccc2)c1N=NC(C(C)=O)C(C)=O. The number of hydrogen-bond acceptors (Lipinski definition) is 6. The highest BCUT2D eigenvalue weighted by atomic mass is 16.5. The van der Waals surface area contributed by atoms with Gasteiger partial charge in [0.1, 0.15) is 6.73 Å². The largest absolute Gasteiger partial charge is 0.356 e. The highest BCUT2D eigenvalue weighted by Gasteiger charge is 2.20. The highest BCUT2D eigenvalue weighted by Crippen LogP contribution is 2.23. The average Bonchev–Trinajstić information content (AvgIpc) is 2.98. The molecule has 0 aliphatic heterocycles. The van der Waals surface area contributed by atoms with Crippen molar-refractivity contribution in [2.45, 2.75) is 40.2 Å². The first-order valence-corrected chi connectivity index (χ1v) is 8.13. The Morgan fingerprint density at radius 1 is 1.04 bits per heavy atom. The van der Waals surface area contributed by atoms with Crippen molar-refractivity contribution < 1.29 is 19.1 Å². The summed E-state index contributed by atoms with van der Waals surface area (Å²) >= 11 is 0. The standard InChI is InChI=1S/C19H21N3O4/c1-13(23)17-9-10-22(12-26-11-16-7-5-4-6-8-16)19(17)21-20-18(14(2)24)15(3)25/h4-10,18H,11-12H2,1-3H3. The van der Waals surface area contributed by atoms with Crippen LogP contribution in [-0.4, -0.2) is 28.0 Å². The number of hydrogen-bond donors (Lipinski definition) is 0.